The quantitative estimate of drug-likeness (QED) is 0.710. The van der Waals surface area contributed by atoms with Crippen LogP contribution in [0.3, 0.4) is 0 Å². The highest BCUT2D eigenvalue weighted by atomic mass is 19.4. The highest BCUT2D eigenvalue weighted by Gasteiger charge is 2.30. The number of ether oxygens (including phenoxy) is 1. The Morgan fingerprint density at radius 3 is 2.86 bits per heavy atom. The number of fused-ring (bicyclic) bond motifs is 1. The van der Waals surface area contributed by atoms with Crippen molar-refractivity contribution in [3.8, 4) is 0 Å². The molecular weight excluding hydrogens is 383 g/mol. The van der Waals surface area contributed by atoms with Crippen LogP contribution in [-0.2, 0) is 30.5 Å². The van der Waals surface area contributed by atoms with E-state index in [2.05, 4.69) is 10.3 Å². The van der Waals surface area contributed by atoms with Gasteiger partial charge < -0.3 is 14.6 Å². The highest BCUT2D eigenvalue weighted by Crippen LogP contribution is 2.29. The Morgan fingerprint density at radius 1 is 1.17 bits per heavy atom. The number of hydrogen-bond acceptors (Lipinski definition) is 3. The average Bonchev–Trinajstić information content (AvgIpc) is 3.13. The van der Waals surface area contributed by atoms with E-state index < -0.39 is 11.7 Å². The molecule has 8 heteroatoms. The number of anilines is 1. The molecule has 5 nitrogen and oxygen atoms in total. The Balaban J connectivity index is 1.44. The predicted octanol–water partition coefficient (Wildman–Crippen LogP) is 4.28. The van der Waals surface area contributed by atoms with Crippen LogP contribution in [0.25, 0.3) is 0 Å². The molecule has 0 radical (unpaired) electrons. The first-order valence-corrected chi connectivity index (χ1v) is 9.07. The van der Waals surface area contributed by atoms with Gasteiger partial charge in [0.2, 0.25) is 0 Å². The van der Waals surface area contributed by atoms with Gasteiger partial charge in [0.05, 0.1) is 25.1 Å². The third-order valence-electron chi connectivity index (χ3n) is 4.74. The minimum atomic E-state index is -4.38. The van der Waals surface area contributed by atoms with Crippen LogP contribution in [0, 0.1) is 0 Å². The van der Waals surface area contributed by atoms with Crippen molar-refractivity contribution in [3.05, 3.63) is 82.8 Å². The maximum absolute atomic E-state index is 12.8. The van der Waals surface area contributed by atoms with Crippen LogP contribution in [0.5, 0.6) is 0 Å². The lowest BCUT2D eigenvalue weighted by atomic mass is 10.00. The smallest absolute Gasteiger partial charge is 0.376 e. The second-order valence-electron chi connectivity index (χ2n) is 6.87. The van der Waals surface area contributed by atoms with Crippen LogP contribution in [0.1, 0.15) is 32.6 Å². The molecule has 0 aliphatic carbocycles. The number of rotatable bonds is 4. The summed E-state index contributed by atoms with van der Waals surface area (Å²) in [5, 5.41) is 2.72. The molecular formula is C21H18F3N3O2. The summed E-state index contributed by atoms with van der Waals surface area (Å²) in [5.41, 5.74) is 2.50. The van der Waals surface area contributed by atoms with Gasteiger partial charge in [-0.1, -0.05) is 18.2 Å². The largest absolute Gasteiger partial charge is 0.416 e. The molecule has 150 valence electrons. The van der Waals surface area contributed by atoms with Gasteiger partial charge in [-0.15, -0.1) is 0 Å². The first kappa shape index (κ1) is 19.2. The average molecular weight is 401 g/mol. The fourth-order valence-electron chi connectivity index (χ4n) is 3.26. The zero-order valence-electron chi connectivity index (χ0n) is 15.4. The summed E-state index contributed by atoms with van der Waals surface area (Å²) in [5.74, 6) is 0.0478. The number of imidazole rings is 1. The topological polar surface area (TPSA) is 56.2 Å². The minimum Gasteiger partial charge on any atom is -0.376 e. The van der Waals surface area contributed by atoms with Crippen molar-refractivity contribution in [1.29, 1.82) is 0 Å². The molecule has 4 rings (SSSR count). The van der Waals surface area contributed by atoms with Crippen molar-refractivity contribution in [3.63, 3.8) is 0 Å². The lowest BCUT2D eigenvalue weighted by Gasteiger charge is -2.16. The molecule has 0 atom stereocenters. The van der Waals surface area contributed by atoms with Crippen LogP contribution in [-0.4, -0.2) is 22.1 Å². The summed E-state index contributed by atoms with van der Waals surface area (Å²) in [6.45, 7) is 1.40. The van der Waals surface area contributed by atoms with Crippen molar-refractivity contribution in [2.75, 3.05) is 11.9 Å². The zero-order chi connectivity index (χ0) is 20.4. The second kappa shape index (κ2) is 7.71. The number of carbonyl (C=O) groups excluding carboxylic acids is 1. The summed E-state index contributed by atoms with van der Waals surface area (Å²) in [6, 6.07) is 10.6. The molecule has 1 N–H and O–H groups in total. The monoisotopic (exact) mass is 401 g/mol. The summed E-state index contributed by atoms with van der Waals surface area (Å²) in [7, 11) is 0. The molecule has 1 amide bonds. The van der Waals surface area contributed by atoms with E-state index in [1.54, 1.807) is 22.9 Å². The Hall–Kier alpha value is -3.13. The molecule has 2 aromatic carbocycles. The molecule has 2 heterocycles. The van der Waals surface area contributed by atoms with Gasteiger partial charge in [0.15, 0.2) is 5.82 Å². The molecule has 1 aliphatic heterocycles. The molecule has 1 aromatic heterocycles. The van der Waals surface area contributed by atoms with E-state index in [0.717, 1.165) is 29.7 Å². The van der Waals surface area contributed by atoms with Crippen LogP contribution >= 0.6 is 0 Å². The van der Waals surface area contributed by atoms with E-state index >= 15 is 0 Å². The van der Waals surface area contributed by atoms with Crippen LogP contribution in [0.2, 0.25) is 0 Å². The second-order valence-corrected chi connectivity index (χ2v) is 6.87. The summed E-state index contributed by atoms with van der Waals surface area (Å²) in [6.07, 6.45) is -0.558. The van der Waals surface area contributed by atoms with E-state index in [9.17, 15) is 18.0 Å². The first-order valence-electron chi connectivity index (χ1n) is 9.07. The predicted molar refractivity (Wildman–Crippen MR) is 101 cm³/mol. The maximum Gasteiger partial charge on any atom is 0.416 e. The number of amides is 1. The lowest BCUT2D eigenvalue weighted by Crippen LogP contribution is -2.15. The Bertz CT molecular complexity index is 1040. The highest BCUT2D eigenvalue weighted by molar-refractivity contribution is 6.03. The molecule has 29 heavy (non-hydrogen) atoms. The van der Waals surface area contributed by atoms with Crippen LogP contribution in [0.4, 0.5) is 19.0 Å². The van der Waals surface area contributed by atoms with Crippen molar-refractivity contribution in [2.24, 2.45) is 0 Å². The summed E-state index contributed by atoms with van der Waals surface area (Å²) < 4.78 is 45.6. The molecule has 0 fully saturated rings. The molecule has 0 spiro atoms. The summed E-state index contributed by atoms with van der Waals surface area (Å²) in [4.78, 5) is 16.6. The molecule has 0 saturated heterocycles. The van der Waals surface area contributed by atoms with E-state index in [-0.39, 0.29) is 12.5 Å². The van der Waals surface area contributed by atoms with Crippen molar-refractivity contribution >= 4 is 11.7 Å². The summed E-state index contributed by atoms with van der Waals surface area (Å²) >= 11 is 0. The van der Waals surface area contributed by atoms with Crippen molar-refractivity contribution in [1.82, 2.24) is 9.55 Å². The number of hydrogen-bond donors (Lipinski definition) is 1. The normalized spacial score (nSPS) is 13.8. The number of benzene rings is 2. The zero-order valence-corrected chi connectivity index (χ0v) is 15.4. The van der Waals surface area contributed by atoms with Gasteiger partial charge in [-0.05, 0) is 47.4 Å². The molecule has 3 aromatic rings. The Kier molecular flexibility index (Phi) is 5.10. The number of nitrogens with zero attached hydrogens (tertiary/aromatic N) is 2. The van der Waals surface area contributed by atoms with E-state index in [1.807, 2.05) is 12.1 Å². The minimum absolute atomic E-state index is 0.214. The Labute approximate surface area is 165 Å². The van der Waals surface area contributed by atoms with Crippen LogP contribution < -0.4 is 5.32 Å². The van der Waals surface area contributed by atoms with Gasteiger partial charge in [0.25, 0.3) is 5.91 Å². The maximum atomic E-state index is 12.8. The van der Waals surface area contributed by atoms with Gasteiger partial charge in [0, 0.05) is 18.3 Å². The molecule has 0 unspecified atom stereocenters. The SMILES string of the molecule is O=C(Nc1cn(Cc2cccc(C(F)(F)F)c2)cn1)c1ccc2c(c1)CCOC2. The number of alkyl halides is 3. The van der Waals surface area contributed by atoms with Gasteiger partial charge in [-0.2, -0.15) is 13.2 Å². The van der Waals surface area contributed by atoms with Gasteiger partial charge >= 0.3 is 6.18 Å². The van der Waals surface area contributed by atoms with Crippen molar-refractivity contribution < 1.29 is 22.7 Å². The van der Waals surface area contributed by atoms with Gasteiger partial charge in [-0.25, -0.2) is 4.98 Å². The van der Waals surface area contributed by atoms with E-state index in [4.69, 9.17) is 4.74 Å². The fourth-order valence-corrected chi connectivity index (χ4v) is 3.26. The number of aromatic nitrogens is 2. The van der Waals surface area contributed by atoms with E-state index in [1.165, 1.54) is 12.4 Å². The fraction of sp³-hybridized carbons (Fsp3) is 0.238. The third kappa shape index (κ3) is 4.48. The van der Waals surface area contributed by atoms with E-state index in [0.29, 0.717) is 30.2 Å². The van der Waals surface area contributed by atoms with Crippen molar-refractivity contribution in [2.45, 2.75) is 25.7 Å². The van der Waals surface area contributed by atoms with Gasteiger partial charge in [0.1, 0.15) is 0 Å². The van der Waals surface area contributed by atoms with Crippen LogP contribution in [0.15, 0.2) is 55.0 Å². The molecule has 1 aliphatic rings. The molecule has 0 bridgehead atoms. The number of carbonyl (C=O) groups is 1. The Morgan fingerprint density at radius 2 is 2.03 bits per heavy atom. The number of halogens is 3. The standard InChI is InChI=1S/C21H18F3N3O2/c22-21(23,24)18-3-1-2-14(8-18)10-27-11-19(25-13-27)26-20(28)16-4-5-17-12-29-7-6-15(17)9-16/h1-5,8-9,11,13H,6-7,10,12H2,(H,26,28). The third-order valence-corrected chi connectivity index (χ3v) is 4.74. The first-order chi connectivity index (χ1) is 13.9. The number of nitrogens with one attached hydrogen (secondary N) is 1. The lowest BCUT2D eigenvalue weighted by molar-refractivity contribution is -0.137. The van der Waals surface area contributed by atoms with Gasteiger partial charge in [-0.3, -0.25) is 4.79 Å². The molecule has 0 saturated carbocycles.